The number of alkyl halides is 3. The summed E-state index contributed by atoms with van der Waals surface area (Å²) in [5, 5.41) is 3.03. The summed E-state index contributed by atoms with van der Waals surface area (Å²) in [4.78, 5) is 16.0. The van der Waals surface area contributed by atoms with E-state index in [2.05, 4.69) is 32.9 Å². The summed E-state index contributed by atoms with van der Waals surface area (Å²) in [5.41, 5.74) is -0.161. The second-order valence-electron chi connectivity index (χ2n) is 6.46. The summed E-state index contributed by atoms with van der Waals surface area (Å²) in [6.45, 7) is 0. The van der Waals surface area contributed by atoms with Gasteiger partial charge in [0.1, 0.15) is 6.10 Å². The fourth-order valence-electron chi connectivity index (χ4n) is 3.01. The molecule has 0 atom stereocenters. The molecule has 0 aliphatic heterocycles. The van der Waals surface area contributed by atoms with Crippen molar-refractivity contribution in [3.63, 3.8) is 0 Å². The van der Waals surface area contributed by atoms with Crippen LogP contribution in [0.1, 0.15) is 41.6 Å². The number of nitrogens with one attached hydrogen (secondary N) is 1. The van der Waals surface area contributed by atoms with Gasteiger partial charge in [-0.1, -0.05) is 6.07 Å². The van der Waals surface area contributed by atoms with Gasteiger partial charge in [-0.2, -0.15) is 13.2 Å². The predicted molar refractivity (Wildman–Crippen MR) is 103 cm³/mol. The van der Waals surface area contributed by atoms with Crippen LogP contribution in [0.5, 0.6) is 5.88 Å². The van der Waals surface area contributed by atoms with E-state index in [1.807, 2.05) is 18.2 Å². The highest BCUT2D eigenvalue weighted by Gasteiger charge is 2.31. The number of ether oxygens (including phenoxy) is 1. The molecule has 144 valence electrons. The summed E-state index contributed by atoms with van der Waals surface area (Å²) >= 11 is 2.16. The van der Waals surface area contributed by atoms with Crippen LogP contribution in [0.15, 0.2) is 42.6 Å². The molecule has 0 saturated heterocycles. The zero-order valence-electron chi connectivity index (χ0n) is 14.3. The second kappa shape index (κ2) is 8.45. The van der Waals surface area contributed by atoms with E-state index in [0.29, 0.717) is 18.4 Å². The first-order valence-electron chi connectivity index (χ1n) is 8.57. The summed E-state index contributed by atoms with van der Waals surface area (Å²) in [7, 11) is 0. The van der Waals surface area contributed by atoms with Gasteiger partial charge in [0.25, 0.3) is 5.91 Å². The van der Waals surface area contributed by atoms with Crippen molar-refractivity contribution < 1.29 is 22.7 Å². The van der Waals surface area contributed by atoms with Crippen LogP contribution in [0.4, 0.5) is 13.2 Å². The molecule has 0 unspecified atom stereocenters. The zero-order chi connectivity index (χ0) is 19.4. The van der Waals surface area contributed by atoms with Crippen LogP contribution in [0, 0.1) is 3.57 Å². The summed E-state index contributed by atoms with van der Waals surface area (Å²) in [6.07, 6.45) is -0.816. The molecule has 2 aromatic rings. The Bertz CT molecular complexity index is 788. The van der Waals surface area contributed by atoms with Crippen molar-refractivity contribution in [1.82, 2.24) is 10.3 Å². The van der Waals surface area contributed by atoms with E-state index in [0.717, 1.165) is 28.7 Å². The first-order valence-corrected chi connectivity index (χ1v) is 9.65. The van der Waals surface area contributed by atoms with Gasteiger partial charge in [-0.3, -0.25) is 4.79 Å². The Morgan fingerprint density at radius 2 is 1.89 bits per heavy atom. The number of hydrogen-bond donors (Lipinski definition) is 1. The number of amides is 1. The Morgan fingerprint density at radius 3 is 2.48 bits per heavy atom. The lowest BCUT2D eigenvalue weighted by molar-refractivity contribution is -0.137. The molecule has 3 rings (SSSR count). The fraction of sp³-hybridized carbons (Fsp3) is 0.368. The third kappa shape index (κ3) is 5.57. The van der Waals surface area contributed by atoms with Gasteiger partial charge in [-0.15, -0.1) is 0 Å². The quantitative estimate of drug-likeness (QED) is 0.626. The molecule has 0 spiro atoms. The van der Waals surface area contributed by atoms with E-state index in [1.54, 1.807) is 6.07 Å². The van der Waals surface area contributed by atoms with Crippen LogP contribution < -0.4 is 10.1 Å². The number of carbonyl (C=O) groups is 1. The predicted octanol–water partition coefficient (Wildman–Crippen LogP) is 4.83. The molecular formula is C19H18F3IN2O2. The molecule has 1 aromatic heterocycles. The molecule has 1 amide bonds. The maximum Gasteiger partial charge on any atom is 0.417 e. The number of halogens is 4. The lowest BCUT2D eigenvalue weighted by Crippen LogP contribution is -2.39. The van der Waals surface area contributed by atoms with Crippen LogP contribution in [0.3, 0.4) is 0 Å². The van der Waals surface area contributed by atoms with E-state index >= 15 is 0 Å². The maximum atomic E-state index is 12.6. The molecule has 1 fully saturated rings. The lowest BCUT2D eigenvalue weighted by atomic mass is 9.92. The van der Waals surface area contributed by atoms with Crippen molar-refractivity contribution in [1.29, 1.82) is 0 Å². The van der Waals surface area contributed by atoms with E-state index < -0.39 is 11.7 Å². The van der Waals surface area contributed by atoms with Crippen molar-refractivity contribution >= 4 is 28.5 Å². The Labute approximate surface area is 168 Å². The van der Waals surface area contributed by atoms with Crippen LogP contribution in [0.2, 0.25) is 0 Å². The average Bonchev–Trinajstić information content (AvgIpc) is 2.63. The largest absolute Gasteiger partial charge is 0.474 e. The molecule has 1 aromatic carbocycles. The van der Waals surface area contributed by atoms with Crippen LogP contribution in [0.25, 0.3) is 0 Å². The third-order valence-corrected chi connectivity index (χ3v) is 5.12. The molecule has 0 radical (unpaired) electrons. The monoisotopic (exact) mass is 490 g/mol. The van der Waals surface area contributed by atoms with E-state index in [-0.39, 0.29) is 23.9 Å². The molecule has 8 heteroatoms. The van der Waals surface area contributed by atoms with Crippen LogP contribution >= 0.6 is 22.6 Å². The molecule has 27 heavy (non-hydrogen) atoms. The topological polar surface area (TPSA) is 51.2 Å². The van der Waals surface area contributed by atoms with Gasteiger partial charge >= 0.3 is 6.18 Å². The van der Waals surface area contributed by atoms with Crippen molar-refractivity contribution in [3.05, 3.63) is 57.3 Å². The summed E-state index contributed by atoms with van der Waals surface area (Å²) in [6, 6.07) is 9.66. The van der Waals surface area contributed by atoms with Crippen LogP contribution in [-0.4, -0.2) is 23.0 Å². The fourth-order valence-corrected chi connectivity index (χ4v) is 3.56. The molecule has 4 nitrogen and oxygen atoms in total. The number of pyridine rings is 1. The Hall–Kier alpha value is -1.84. The Morgan fingerprint density at radius 1 is 1.15 bits per heavy atom. The van der Waals surface area contributed by atoms with Crippen molar-refractivity contribution in [2.45, 2.75) is 44.0 Å². The van der Waals surface area contributed by atoms with Crippen molar-refractivity contribution in [2.75, 3.05) is 0 Å². The molecular weight excluding hydrogens is 472 g/mol. The van der Waals surface area contributed by atoms with Gasteiger partial charge < -0.3 is 10.1 Å². The van der Waals surface area contributed by atoms with E-state index in [4.69, 9.17) is 4.74 Å². The van der Waals surface area contributed by atoms with Gasteiger partial charge in [0, 0.05) is 27.4 Å². The second-order valence-corrected chi connectivity index (χ2v) is 7.70. The average molecular weight is 490 g/mol. The molecule has 1 aliphatic rings. The van der Waals surface area contributed by atoms with E-state index in [9.17, 15) is 18.0 Å². The van der Waals surface area contributed by atoms with E-state index in [1.165, 1.54) is 6.07 Å². The first-order chi connectivity index (χ1) is 12.8. The number of carbonyl (C=O) groups excluding carboxylic acids is 1. The standard InChI is InChI=1S/C19H18F3IN2O2/c20-19(21,22)13-4-9-17(24-11-13)27-16-7-5-15(6-8-16)25-18(26)12-2-1-3-14(23)10-12/h1-4,9-11,15-16H,5-8H2,(H,25,26). The van der Waals surface area contributed by atoms with Crippen molar-refractivity contribution in [2.24, 2.45) is 0 Å². The minimum absolute atomic E-state index is 0.0655. The minimum Gasteiger partial charge on any atom is -0.474 e. The molecule has 1 N–H and O–H groups in total. The van der Waals surface area contributed by atoms with Gasteiger partial charge in [0.15, 0.2) is 0 Å². The van der Waals surface area contributed by atoms with Gasteiger partial charge in [-0.25, -0.2) is 4.98 Å². The SMILES string of the molecule is O=C(NC1CCC(Oc2ccc(C(F)(F)F)cn2)CC1)c1cccc(I)c1. The summed E-state index contributed by atoms with van der Waals surface area (Å²) < 4.78 is 44.3. The minimum atomic E-state index is -4.40. The smallest absolute Gasteiger partial charge is 0.417 e. The maximum absolute atomic E-state index is 12.6. The van der Waals surface area contributed by atoms with Gasteiger partial charge in [0.2, 0.25) is 5.88 Å². The number of nitrogens with zero attached hydrogens (tertiary/aromatic N) is 1. The Kier molecular flexibility index (Phi) is 6.23. The lowest BCUT2D eigenvalue weighted by Gasteiger charge is -2.29. The molecule has 0 bridgehead atoms. The number of rotatable bonds is 4. The highest BCUT2D eigenvalue weighted by atomic mass is 127. The number of hydrogen-bond acceptors (Lipinski definition) is 3. The van der Waals surface area contributed by atoms with Gasteiger partial charge in [0.05, 0.1) is 5.56 Å². The number of aromatic nitrogens is 1. The summed E-state index contributed by atoms with van der Waals surface area (Å²) in [5.74, 6) is 0.0941. The van der Waals surface area contributed by atoms with Crippen LogP contribution in [-0.2, 0) is 6.18 Å². The highest BCUT2D eigenvalue weighted by Crippen LogP contribution is 2.30. The van der Waals surface area contributed by atoms with Gasteiger partial charge in [-0.05, 0) is 72.5 Å². The zero-order valence-corrected chi connectivity index (χ0v) is 16.5. The normalized spacial score (nSPS) is 20.1. The van der Waals surface area contributed by atoms with Crippen molar-refractivity contribution in [3.8, 4) is 5.88 Å². The molecule has 1 aliphatic carbocycles. The first kappa shape index (κ1) is 19.9. The Balaban J connectivity index is 1.48. The third-order valence-electron chi connectivity index (χ3n) is 4.45. The molecule has 1 heterocycles. The molecule has 1 saturated carbocycles. The number of benzene rings is 1. The highest BCUT2D eigenvalue weighted by molar-refractivity contribution is 14.1.